The Morgan fingerprint density at radius 3 is 2.91 bits per heavy atom. The van der Waals surface area contributed by atoms with Gasteiger partial charge in [0.1, 0.15) is 0 Å². The van der Waals surface area contributed by atoms with Gasteiger partial charge in [-0.1, -0.05) is 13.0 Å². The summed E-state index contributed by atoms with van der Waals surface area (Å²) in [5.74, 6) is 0.721. The predicted molar refractivity (Wildman–Crippen MR) is 49.9 cm³/mol. The summed E-state index contributed by atoms with van der Waals surface area (Å²) in [5, 5.41) is 0.358. The molecule has 1 rings (SSSR count). The minimum atomic E-state index is 0.286. The Morgan fingerprint density at radius 2 is 2.27 bits per heavy atom. The summed E-state index contributed by atoms with van der Waals surface area (Å²) in [4.78, 5) is 11.2. The molecule has 62 valence electrons. The van der Waals surface area contributed by atoms with E-state index in [0.717, 1.165) is 12.0 Å². The number of rotatable bonds is 0. The number of carbonyl (C=O) groups excluding carboxylic acids is 1. The molecular weight excluding hydrogens is 156 g/mol. The molecule has 0 saturated carbocycles. The van der Waals surface area contributed by atoms with Gasteiger partial charge in [-0.15, -0.1) is 0 Å². The molecule has 0 fully saturated rings. The number of Topliss-reactive ketones (excluding diaryl/α,β-unsaturated/α-hetero) is 1. The number of ketones is 1. The Bertz CT molecular complexity index is 196. The van der Waals surface area contributed by atoms with Gasteiger partial charge in [-0.25, -0.2) is 0 Å². The van der Waals surface area contributed by atoms with E-state index in [4.69, 9.17) is 0 Å². The maximum Gasteiger partial charge on any atom is 0.158 e. The van der Waals surface area contributed by atoms with Crippen molar-refractivity contribution in [3.8, 4) is 0 Å². The summed E-state index contributed by atoms with van der Waals surface area (Å²) in [5.41, 5.74) is 0.911. The second kappa shape index (κ2) is 3.44. The lowest BCUT2D eigenvalue weighted by Crippen LogP contribution is -2.07. The van der Waals surface area contributed by atoms with Crippen LogP contribution in [0.3, 0.4) is 0 Å². The molecule has 0 bridgehead atoms. The smallest absolute Gasteiger partial charge is 0.158 e. The first-order chi connectivity index (χ1) is 5.11. The topological polar surface area (TPSA) is 17.1 Å². The highest BCUT2D eigenvalue weighted by atomic mass is 32.1. The average Bonchev–Trinajstić information content (AvgIpc) is 2.05. The average molecular weight is 170 g/mol. The molecule has 0 amide bonds. The normalized spacial score (nSPS) is 33.0. The first-order valence-corrected chi connectivity index (χ1v) is 4.52. The number of allylic oxidation sites excluding steroid dienone is 2. The van der Waals surface area contributed by atoms with Gasteiger partial charge in [0.2, 0.25) is 0 Å². The van der Waals surface area contributed by atoms with Crippen molar-refractivity contribution < 1.29 is 4.79 Å². The van der Waals surface area contributed by atoms with Crippen LogP contribution in [0.2, 0.25) is 0 Å². The lowest BCUT2D eigenvalue weighted by molar-refractivity contribution is -0.115. The van der Waals surface area contributed by atoms with E-state index in [1.165, 1.54) is 0 Å². The molecule has 2 unspecified atom stereocenters. The first kappa shape index (κ1) is 8.85. The summed E-state index contributed by atoms with van der Waals surface area (Å²) in [6.07, 6.45) is 3.62. The van der Waals surface area contributed by atoms with Crippen LogP contribution in [-0.2, 0) is 4.79 Å². The summed E-state index contributed by atoms with van der Waals surface area (Å²) in [7, 11) is 0. The number of carbonyl (C=O) groups is 1. The molecule has 0 N–H and O–H groups in total. The van der Waals surface area contributed by atoms with Crippen molar-refractivity contribution >= 4 is 18.4 Å². The van der Waals surface area contributed by atoms with Gasteiger partial charge < -0.3 is 0 Å². The third-order valence-electron chi connectivity index (χ3n) is 2.23. The van der Waals surface area contributed by atoms with Crippen molar-refractivity contribution in [2.24, 2.45) is 5.92 Å². The van der Waals surface area contributed by atoms with E-state index in [-0.39, 0.29) is 5.78 Å². The van der Waals surface area contributed by atoms with Gasteiger partial charge in [-0.05, 0) is 24.8 Å². The molecule has 0 spiro atoms. The molecule has 1 aliphatic rings. The van der Waals surface area contributed by atoms with E-state index in [0.29, 0.717) is 17.6 Å². The van der Waals surface area contributed by atoms with Crippen LogP contribution in [0.5, 0.6) is 0 Å². The molecule has 1 aliphatic carbocycles. The lowest BCUT2D eigenvalue weighted by Gasteiger charge is -2.11. The predicted octanol–water partition coefficient (Wildman–Crippen LogP) is 2.23. The van der Waals surface area contributed by atoms with Crippen LogP contribution < -0.4 is 0 Å². The van der Waals surface area contributed by atoms with Gasteiger partial charge >= 0.3 is 0 Å². The lowest BCUT2D eigenvalue weighted by atomic mass is 10.1. The van der Waals surface area contributed by atoms with Crippen molar-refractivity contribution in [3.63, 3.8) is 0 Å². The van der Waals surface area contributed by atoms with Crippen LogP contribution in [0, 0.1) is 5.92 Å². The first-order valence-electron chi connectivity index (χ1n) is 4.01. The molecule has 0 aromatic rings. The third-order valence-corrected chi connectivity index (χ3v) is 2.96. The molecule has 1 nitrogen and oxygen atoms in total. The summed E-state index contributed by atoms with van der Waals surface area (Å²) in [6.45, 7) is 4.00. The van der Waals surface area contributed by atoms with Gasteiger partial charge in [-0.2, -0.15) is 12.6 Å². The third kappa shape index (κ3) is 2.09. The summed E-state index contributed by atoms with van der Waals surface area (Å²) >= 11 is 4.41. The van der Waals surface area contributed by atoms with E-state index >= 15 is 0 Å². The van der Waals surface area contributed by atoms with E-state index in [1.807, 2.05) is 13.0 Å². The Morgan fingerprint density at radius 1 is 1.64 bits per heavy atom. The van der Waals surface area contributed by atoms with Gasteiger partial charge in [0.25, 0.3) is 0 Å². The van der Waals surface area contributed by atoms with Crippen molar-refractivity contribution in [2.75, 3.05) is 0 Å². The second-order valence-corrected chi connectivity index (χ2v) is 3.90. The Labute approximate surface area is 73.3 Å². The van der Waals surface area contributed by atoms with Crippen molar-refractivity contribution in [1.29, 1.82) is 0 Å². The fourth-order valence-corrected chi connectivity index (χ4v) is 1.55. The zero-order valence-electron chi connectivity index (χ0n) is 7.00. The van der Waals surface area contributed by atoms with E-state index in [1.54, 1.807) is 0 Å². The minimum Gasteiger partial charge on any atom is -0.295 e. The van der Waals surface area contributed by atoms with E-state index in [2.05, 4.69) is 19.6 Å². The Balaban J connectivity index is 2.77. The quantitative estimate of drug-likeness (QED) is 0.552. The molecule has 0 heterocycles. The van der Waals surface area contributed by atoms with Crippen LogP contribution in [0.4, 0.5) is 0 Å². The molecule has 0 saturated heterocycles. The molecule has 2 heteroatoms. The number of hydrogen-bond acceptors (Lipinski definition) is 2. The van der Waals surface area contributed by atoms with Crippen molar-refractivity contribution in [2.45, 2.75) is 31.9 Å². The van der Waals surface area contributed by atoms with Crippen LogP contribution in [0.25, 0.3) is 0 Å². The molecule has 0 aliphatic heterocycles. The maximum absolute atomic E-state index is 11.2. The molecule has 2 atom stereocenters. The van der Waals surface area contributed by atoms with Crippen LogP contribution in [-0.4, -0.2) is 11.0 Å². The highest BCUT2D eigenvalue weighted by molar-refractivity contribution is 7.81. The zero-order valence-corrected chi connectivity index (χ0v) is 7.90. The molecule has 0 aromatic carbocycles. The fraction of sp³-hybridized carbons (Fsp3) is 0.667. The second-order valence-electron chi connectivity index (χ2n) is 3.24. The zero-order chi connectivity index (χ0) is 8.43. The van der Waals surface area contributed by atoms with Crippen LogP contribution in [0.15, 0.2) is 11.6 Å². The fourth-order valence-electron chi connectivity index (χ4n) is 1.34. The van der Waals surface area contributed by atoms with Crippen LogP contribution in [0.1, 0.15) is 26.7 Å². The molecule has 11 heavy (non-hydrogen) atoms. The van der Waals surface area contributed by atoms with Crippen molar-refractivity contribution in [3.05, 3.63) is 11.6 Å². The van der Waals surface area contributed by atoms with Crippen LogP contribution >= 0.6 is 12.6 Å². The SMILES string of the molecule is CC1=CC(C)C(S)CCC1=O. The van der Waals surface area contributed by atoms with Gasteiger partial charge in [0.05, 0.1) is 0 Å². The van der Waals surface area contributed by atoms with Gasteiger partial charge in [-0.3, -0.25) is 4.79 Å². The Hall–Kier alpha value is -0.240. The van der Waals surface area contributed by atoms with Gasteiger partial charge in [0.15, 0.2) is 5.78 Å². The largest absolute Gasteiger partial charge is 0.295 e. The Kier molecular flexibility index (Phi) is 2.77. The highest BCUT2D eigenvalue weighted by Crippen LogP contribution is 2.23. The van der Waals surface area contributed by atoms with E-state index in [9.17, 15) is 4.79 Å². The summed E-state index contributed by atoms with van der Waals surface area (Å²) < 4.78 is 0. The molecular formula is C9H14OS. The van der Waals surface area contributed by atoms with E-state index < -0.39 is 0 Å². The molecule has 0 radical (unpaired) electrons. The van der Waals surface area contributed by atoms with Crippen molar-refractivity contribution in [1.82, 2.24) is 0 Å². The van der Waals surface area contributed by atoms with Gasteiger partial charge in [0, 0.05) is 11.7 Å². The highest BCUT2D eigenvalue weighted by Gasteiger charge is 2.18. The molecule has 0 aromatic heterocycles. The standard InChI is InChI=1S/C9H14OS/c1-6-5-7(2)9(11)4-3-8(6)10/h5,7,9,11H,3-4H2,1-2H3. The number of thiol groups is 1. The maximum atomic E-state index is 11.2. The minimum absolute atomic E-state index is 0.286. The number of hydrogen-bond donors (Lipinski definition) is 1. The summed E-state index contributed by atoms with van der Waals surface area (Å²) in [6, 6.07) is 0. The monoisotopic (exact) mass is 170 g/mol.